The summed E-state index contributed by atoms with van der Waals surface area (Å²) in [7, 11) is -3.72. The lowest BCUT2D eigenvalue weighted by Gasteiger charge is -2.10. The minimum atomic E-state index is -3.72. The third-order valence-corrected chi connectivity index (χ3v) is 7.50. The molecule has 5 aromatic rings. The maximum absolute atomic E-state index is 13.0. The summed E-state index contributed by atoms with van der Waals surface area (Å²) in [5.41, 5.74) is 5.23. The van der Waals surface area contributed by atoms with Gasteiger partial charge >= 0.3 is 0 Å². The van der Waals surface area contributed by atoms with Gasteiger partial charge in [0.25, 0.3) is 10.0 Å². The van der Waals surface area contributed by atoms with Crippen LogP contribution in [0.2, 0.25) is 0 Å². The second-order valence-corrected chi connectivity index (χ2v) is 10.0. The molecule has 0 bridgehead atoms. The molecule has 0 aliphatic heterocycles. The predicted molar refractivity (Wildman–Crippen MR) is 136 cm³/mol. The molecule has 0 unspecified atom stereocenters. The van der Waals surface area contributed by atoms with E-state index in [9.17, 15) is 8.42 Å². The number of nitrogens with one attached hydrogen (secondary N) is 1. The Balaban J connectivity index is 1.37. The van der Waals surface area contributed by atoms with Crippen LogP contribution in [0.3, 0.4) is 0 Å². The Labute approximate surface area is 197 Å². The number of benzene rings is 4. The molecule has 6 heteroatoms. The highest BCUT2D eigenvalue weighted by atomic mass is 32.2. The van der Waals surface area contributed by atoms with Gasteiger partial charge in [-0.3, -0.25) is 4.72 Å². The van der Waals surface area contributed by atoms with E-state index in [0.717, 1.165) is 33.0 Å². The van der Waals surface area contributed by atoms with Gasteiger partial charge in [0.2, 0.25) is 0 Å². The van der Waals surface area contributed by atoms with Crippen molar-refractivity contribution >= 4 is 27.0 Å². The lowest BCUT2D eigenvalue weighted by molar-refractivity contribution is 0.601. The minimum Gasteiger partial charge on any atom is -0.280 e. The van der Waals surface area contributed by atoms with Gasteiger partial charge in [-0.25, -0.2) is 13.4 Å². The third-order valence-electron chi connectivity index (χ3n) is 5.21. The van der Waals surface area contributed by atoms with Crippen LogP contribution in [0.1, 0.15) is 0 Å². The fourth-order valence-electron chi connectivity index (χ4n) is 3.53. The summed E-state index contributed by atoms with van der Waals surface area (Å²) in [5.74, 6) is 0. The molecule has 0 spiro atoms. The first-order valence-electron chi connectivity index (χ1n) is 10.4. The average molecular weight is 469 g/mol. The van der Waals surface area contributed by atoms with Crippen LogP contribution in [-0.4, -0.2) is 13.4 Å². The van der Waals surface area contributed by atoms with Crippen LogP contribution in [0.5, 0.6) is 0 Å². The predicted octanol–water partition coefficient (Wildman–Crippen LogP) is 6.94. The summed E-state index contributed by atoms with van der Waals surface area (Å²) >= 11 is 1.56. The van der Waals surface area contributed by atoms with Gasteiger partial charge in [0.05, 0.1) is 10.6 Å². The molecule has 0 amide bonds. The van der Waals surface area contributed by atoms with E-state index in [2.05, 4.69) is 4.72 Å². The average Bonchev–Trinajstić information content (AvgIpc) is 3.36. The normalized spacial score (nSPS) is 11.3. The largest absolute Gasteiger partial charge is 0.280 e. The van der Waals surface area contributed by atoms with Crippen molar-refractivity contribution in [2.75, 3.05) is 4.72 Å². The highest BCUT2D eigenvalue weighted by molar-refractivity contribution is 7.92. The topological polar surface area (TPSA) is 59.1 Å². The van der Waals surface area contributed by atoms with Gasteiger partial charge in [-0.1, -0.05) is 84.9 Å². The highest BCUT2D eigenvalue weighted by Gasteiger charge is 2.15. The molecule has 0 saturated carbocycles. The summed E-state index contributed by atoms with van der Waals surface area (Å²) in [6, 6.07) is 34.0. The van der Waals surface area contributed by atoms with Crippen LogP contribution < -0.4 is 4.72 Å². The molecular weight excluding hydrogens is 448 g/mol. The zero-order chi connectivity index (χ0) is 22.7. The van der Waals surface area contributed by atoms with Gasteiger partial charge in [0.1, 0.15) is 5.01 Å². The van der Waals surface area contributed by atoms with Gasteiger partial charge in [-0.05, 0) is 35.4 Å². The van der Waals surface area contributed by atoms with E-state index in [4.69, 9.17) is 4.98 Å². The van der Waals surface area contributed by atoms with E-state index in [1.165, 1.54) is 0 Å². The summed E-state index contributed by atoms with van der Waals surface area (Å²) in [6.07, 6.45) is 0. The maximum atomic E-state index is 13.0. The van der Waals surface area contributed by atoms with Crippen LogP contribution in [0.15, 0.2) is 119 Å². The van der Waals surface area contributed by atoms with Crippen molar-refractivity contribution in [2.24, 2.45) is 0 Å². The minimum absolute atomic E-state index is 0.215. The number of anilines is 1. The molecule has 0 aliphatic rings. The third kappa shape index (κ3) is 4.72. The van der Waals surface area contributed by atoms with Crippen LogP contribution in [-0.2, 0) is 10.0 Å². The molecule has 162 valence electrons. The molecule has 4 aromatic carbocycles. The Kier molecular flexibility index (Phi) is 5.77. The van der Waals surface area contributed by atoms with E-state index in [0.29, 0.717) is 5.69 Å². The van der Waals surface area contributed by atoms with E-state index < -0.39 is 10.0 Å². The van der Waals surface area contributed by atoms with Crippen molar-refractivity contribution < 1.29 is 8.42 Å². The van der Waals surface area contributed by atoms with Crippen molar-refractivity contribution in [3.8, 4) is 33.0 Å². The Morgan fingerprint density at radius 2 is 1.24 bits per heavy atom. The van der Waals surface area contributed by atoms with E-state index in [1.54, 1.807) is 35.6 Å². The highest BCUT2D eigenvalue weighted by Crippen LogP contribution is 2.30. The molecule has 0 fully saturated rings. The van der Waals surface area contributed by atoms with Gasteiger partial charge in [0.15, 0.2) is 0 Å². The Hall–Kier alpha value is -3.74. The fourth-order valence-corrected chi connectivity index (χ4v) is 5.42. The molecule has 1 heterocycles. The number of aromatic nitrogens is 1. The summed E-state index contributed by atoms with van der Waals surface area (Å²) in [5, 5.41) is 2.91. The van der Waals surface area contributed by atoms with Crippen molar-refractivity contribution in [1.29, 1.82) is 0 Å². The maximum Gasteiger partial charge on any atom is 0.261 e. The summed E-state index contributed by atoms with van der Waals surface area (Å²) in [4.78, 5) is 4.94. The van der Waals surface area contributed by atoms with Crippen molar-refractivity contribution in [3.63, 3.8) is 0 Å². The second-order valence-electron chi connectivity index (χ2n) is 7.48. The van der Waals surface area contributed by atoms with Gasteiger partial charge < -0.3 is 0 Å². The van der Waals surface area contributed by atoms with Crippen LogP contribution in [0.25, 0.3) is 33.0 Å². The van der Waals surface area contributed by atoms with Crippen LogP contribution in [0.4, 0.5) is 5.69 Å². The molecule has 5 rings (SSSR count). The van der Waals surface area contributed by atoms with Gasteiger partial charge in [-0.15, -0.1) is 11.3 Å². The monoisotopic (exact) mass is 468 g/mol. The number of sulfonamides is 1. The number of nitrogens with zero attached hydrogens (tertiary/aromatic N) is 1. The molecule has 4 nitrogen and oxygen atoms in total. The lowest BCUT2D eigenvalue weighted by atomic mass is 10.1. The van der Waals surface area contributed by atoms with Crippen LogP contribution >= 0.6 is 11.3 Å². The molecule has 1 aromatic heterocycles. The molecule has 33 heavy (non-hydrogen) atoms. The Morgan fingerprint density at radius 1 is 0.636 bits per heavy atom. The quantitative estimate of drug-likeness (QED) is 0.293. The van der Waals surface area contributed by atoms with Crippen LogP contribution in [0, 0.1) is 0 Å². The zero-order valence-electron chi connectivity index (χ0n) is 17.5. The molecule has 0 radical (unpaired) electrons. The SMILES string of the molecule is O=S(=O)(Nc1cccc(-c2csc(-c3ccccc3)n2)c1)c1ccc(-c2ccccc2)cc1. The Bertz CT molecular complexity index is 1480. The number of thiazole rings is 1. The van der Waals surface area contributed by atoms with E-state index in [1.807, 2.05) is 90.3 Å². The van der Waals surface area contributed by atoms with Crippen molar-refractivity contribution in [2.45, 2.75) is 4.90 Å². The summed E-state index contributed by atoms with van der Waals surface area (Å²) in [6.45, 7) is 0. The first-order chi connectivity index (χ1) is 16.1. The van der Waals surface area contributed by atoms with Gasteiger partial charge in [0, 0.05) is 22.2 Å². The smallest absolute Gasteiger partial charge is 0.261 e. The number of hydrogen-bond acceptors (Lipinski definition) is 4. The summed E-state index contributed by atoms with van der Waals surface area (Å²) < 4.78 is 28.6. The Morgan fingerprint density at radius 3 is 1.94 bits per heavy atom. The fraction of sp³-hybridized carbons (Fsp3) is 0. The number of rotatable bonds is 6. The molecule has 0 atom stereocenters. The van der Waals surface area contributed by atoms with Crippen molar-refractivity contribution in [1.82, 2.24) is 4.98 Å². The molecule has 0 saturated heterocycles. The first-order valence-corrected chi connectivity index (χ1v) is 12.7. The van der Waals surface area contributed by atoms with E-state index >= 15 is 0 Å². The second kappa shape index (κ2) is 9.02. The molecule has 0 aliphatic carbocycles. The van der Waals surface area contributed by atoms with Crippen molar-refractivity contribution in [3.05, 3.63) is 115 Å². The lowest BCUT2D eigenvalue weighted by Crippen LogP contribution is -2.12. The van der Waals surface area contributed by atoms with E-state index in [-0.39, 0.29) is 4.90 Å². The first kappa shape index (κ1) is 21.1. The molecule has 1 N–H and O–H groups in total. The van der Waals surface area contributed by atoms with Gasteiger partial charge in [-0.2, -0.15) is 0 Å². The number of hydrogen-bond donors (Lipinski definition) is 1. The zero-order valence-corrected chi connectivity index (χ0v) is 19.2. The molecular formula is C27H20N2O2S2. The standard InChI is InChI=1S/C27H20N2O2S2/c30-33(31,25-16-14-21(15-17-25)20-8-3-1-4-9-20)29-24-13-7-12-23(18-24)26-19-32-27(28-26)22-10-5-2-6-11-22/h1-19,29H.